The number of nitrogens with one attached hydrogen (secondary N) is 3. The molecule has 5 amide bonds. The maximum absolute atomic E-state index is 14.4. The highest BCUT2D eigenvalue weighted by molar-refractivity contribution is 5.98. The summed E-state index contributed by atoms with van der Waals surface area (Å²) in [6.45, 7) is 5.62. The van der Waals surface area contributed by atoms with Crippen molar-refractivity contribution >= 4 is 29.9 Å². The first kappa shape index (κ1) is 37.7. The van der Waals surface area contributed by atoms with Gasteiger partial charge in [-0.25, -0.2) is 14.0 Å². The molecule has 4 unspecified atom stereocenters. The van der Waals surface area contributed by atoms with Crippen molar-refractivity contribution in [3.63, 3.8) is 0 Å². The number of alkyl carbamates (subject to hydrolysis) is 1. The number of benzene rings is 1. The largest absolute Gasteiger partial charge is 0.444 e. The molecule has 0 bridgehead atoms. The Morgan fingerprint density at radius 3 is 2.62 bits per heavy atom. The monoisotopic (exact) mass is 732 g/mol. The van der Waals surface area contributed by atoms with Crippen molar-refractivity contribution in [1.82, 2.24) is 30.7 Å². The van der Waals surface area contributed by atoms with Crippen LogP contribution in [-0.2, 0) is 43.4 Å². The van der Waals surface area contributed by atoms with Gasteiger partial charge in [-0.05, 0) is 82.2 Å². The molecule has 14 heteroatoms. The highest BCUT2D eigenvalue weighted by atomic mass is 19.1. The Balaban J connectivity index is 1.22. The number of ether oxygens (including phenoxy) is 2. The highest BCUT2D eigenvalue weighted by Gasteiger charge is 2.61. The number of fused-ring (bicyclic) bond motifs is 3. The molecule has 4 heterocycles. The summed E-state index contributed by atoms with van der Waals surface area (Å²) in [6.07, 6.45) is 9.32. The van der Waals surface area contributed by atoms with Crippen molar-refractivity contribution in [2.45, 2.75) is 115 Å². The number of amides is 5. The molecule has 0 radical (unpaired) electrons. The fourth-order valence-electron chi connectivity index (χ4n) is 7.37. The Kier molecular flexibility index (Phi) is 11.3. The first-order chi connectivity index (χ1) is 25.3. The van der Waals surface area contributed by atoms with E-state index in [1.165, 1.54) is 15.9 Å². The van der Waals surface area contributed by atoms with Gasteiger partial charge in [0.2, 0.25) is 17.7 Å². The molecule has 1 aliphatic carbocycles. The van der Waals surface area contributed by atoms with Gasteiger partial charge in [-0.1, -0.05) is 37.1 Å². The zero-order valence-corrected chi connectivity index (χ0v) is 30.6. The molecule has 6 rings (SSSR count). The van der Waals surface area contributed by atoms with E-state index in [1.54, 1.807) is 45.3 Å². The summed E-state index contributed by atoms with van der Waals surface area (Å²) in [5.74, 6) is -2.03. The molecule has 1 saturated heterocycles. The maximum atomic E-state index is 14.4. The van der Waals surface area contributed by atoms with Crippen LogP contribution in [0.15, 0.2) is 54.9 Å². The summed E-state index contributed by atoms with van der Waals surface area (Å²) in [5.41, 5.74) is 0.0976. The van der Waals surface area contributed by atoms with Gasteiger partial charge in [-0.15, -0.1) is 0 Å². The first-order valence-electron chi connectivity index (χ1n) is 18.5. The van der Waals surface area contributed by atoms with Crippen molar-refractivity contribution < 1.29 is 37.8 Å². The van der Waals surface area contributed by atoms with Crippen molar-refractivity contribution in [2.24, 2.45) is 5.92 Å². The summed E-state index contributed by atoms with van der Waals surface area (Å²) in [6, 6.07) is 6.32. The van der Waals surface area contributed by atoms with Crippen molar-refractivity contribution in [3.8, 4) is 0 Å². The van der Waals surface area contributed by atoms with Crippen molar-refractivity contribution in [3.05, 3.63) is 77.4 Å². The van der Waals surface area contributed by atoms with E-state index in [0.29, 0.717) is 43.4 Å². The van der Waals surface area contributed by atoms with E-state index in [-0.39, 0.29) is 37.9 Å². The number of halogens is 1. The summed E-state index contributed by atoms with van der Waals surface area (Å²) in [4.78, 5) is 75.5. The summed E-state index contributed by atoms with van der Waals surface area (Å²) >= 11 is 0. The standard InChI is InChI=1S/C39H49FN6O7/c1-38(2,3)53-36(50)43-31-13-8-6-4-5-7-11-27-21-39(27,35(49)42-19-16-25-14-17-41-18-15-25)44-33(47)32-20-28(23-46(32)34(31)48)52-37(51)45-22-26-10-9-12-30(40)29(26)24-45/h7,9-12,14-15,17-18,27-28,31-32H,4-6,8,13,16,19-24H2,1-3H3,(H,42,49)(H,43,50)(H,44,47)/b11-7-/t27?,28?,31?,32-,39?/m0/s1. The van der Waals surface area contributed by atoms with Crippen LogP contribution in [0.1, 0.15) is 82.4 Å². The van der Waals surface area contributed by atoms with E-state index in [1.807, 2.05) is 24.3 Å². The Morgan fingerprint density at radius 1 is 1.08 bits per heavy atom. The smallest absolute Gasteiger partial charge is 0.410 e. The highest BCUT2D eigenvalue weighted by Crippen LogP contribution is 2.45. The number of allylic oxidation sites excluding steroid dienone is 1. The number of aromatic nitrogens is 1. The zero-order valence-electron chi connectivity index (χ0n) is 30.6. The molecule has 1 saturated carbocycles. The van der Waals surface area contributed by atoms with Gasteiger partial charge in [-0.2, -0.15) is 0 Å². The number of hydrogen-bond acceptors (Lipinski definition) is 8. The molecule has 13 nitrogen and oxygen atoms in total. The van der Waals surface area contributed by atoms with Crippen LogP contribution in [0.5, 0.6) is 0 Å². The second-order valence-electron chi connectivity index (χ2n) is 15.4. The number of nitrogens with zero attached hydrogens (tertiary/aromatic N) is 3. The average Bonchev–Trinajstić information content (AvgIpc) is 3.40. The van der Waals surface area contributed by atoms with Crippen LogP contribution in [0.25, 0.3) is 0 Å². The molecule has 1 aromatic heterocycles. The molecule has 284 valence electrons. The quantitative estimate of drug-likeness (QED) is 0.371. The molecule has 2 aromatic rings. The van der Waals surface area contributed by atoms with Gasteiger partial charge in [0.25, 0.3) is 0 Å². The molecule has 1 aromatic carbocycles. The zero-order chi connectivity index (χ0) is 37.8. The molecule has 53 heavy (non-hydrogen) atoms. The normalized spacial score (nSPS) is 26.5. The summed E-state index contributed by atoms with van der Waals surface area (Å²) in [7, 11) is 0. The molecule has 2 fully saturated rings. The second-order valence-corrected chi connectivity index (χ2v) is 15.4. The lowest BCUT2D eigenvalue weighted by Crippen LogP contribution is -2.58. The number of carbonyl (C=O) groups excluding carboxylic acids is 5. The molecular formula is C39H49FN6O7. The van der Waals surface area contributed by atoms with Crippen LogP contribution in [0.2, 0.25) is 0 Å². The van der Waals surface area contributed by atoms with E-state index in [9.17, 15) is 28.4 Å². The van der Waals surface area contributed by atoms with E-state index < -0.39 is 59.1 Å². The topological polar surface area (TPSA) is 159 Å². The van der Waals surface area contributed by atoms with Crippen molar-refractivity contribution in [1.29, 1.82) is 0 Å². The minimum absolute atomic E-state index is 0.0299. The molecule has 0 spiro atoms. The molecule has 3 N–H and O–H groups in total. The fourth-order valence-corrected chi connectivity index (χ4v) is 7.37. The van der Waals surface area contributed by atoms with Gasteiger partial charge in [0.15, 0.2) is 0 Å². The minimum atomic E-state index is -1.21. The molecule has 4 aliphatic rings. The lowest BCUT2D eigenvalue weighted by Gasteiger charge is -2.30. The van der Waals surface area contributed by atoms with Crippen LogP contribution in [0.4, 0.5) is 14.0 Å². The third-order valence-electron chi connectivity index (χ3n) is 10.2. The van der Waals surface area contributed by atoms with E-state index >= 15 is 0 Å². The average molecular weight is 733 g/mol. The Labute approximate surface area is 309 Å². The van der Waals surface area contributed by atoms with Crippen LogP contribution in [0.3, 0.4) is 0 Å². The Morgan fingerprint density at radius 2 is 1.87 bits per heavy atom. The Bertz CT molecular complexity index is 1730. The van der Waals surface area contributed by atoms with Gasteiger partial charge in [-0.3, -0.25) is 24.3 Å². The molecular weight excluding hydrogens is 683 g/mol. The van der Waals surface area contributed by atoms with Gasteiger partial charge in [0, 0.05) is 43.4 Å². The fraction of sp³-hybridized carbons (Fsp3) is 0.538. The van der Waals surface area contributed by atoms with Crippen molar-refractivity contribution in [2.75, 3.05) is 13.1 Å². The van der Waals surface area contributed by atoms with Crippen LogP contribution >= 0.6 is 0 Å². The van der Waals surface area contributed by atoms with E-state index in [0.717, 1.165) is 24.8 Å². The molecule has 5 atom stereocenters. The predicted molar refractivity (Wildman–Crippen MR) is 191 cm³/mol. The van der Waals surface area contributed by atoms with Gasteiger partial charge < -0.3 is 30.3 Å². The lowest BCUT2D eigenvalue weighted by atomic mass is 10.0. The summed E-state index contributed by atoms with van der Waals surface area (Å²) in [5, 5.41) is 8.71. The van der Waals surface area contributed by atoms with Crippen LogP contribution in [0, 0.1) is 11.7 Å². The van der Waals surface area contributed by atoms with Gasteiger partial charge >= 0.3 is 12.2 Å². The second kappa shape index (κ2) is 15.9. The minimum Gasteiger partial charge on any atom is -0.444 e. The predicted octanol–water partition coefficient (Wildman–Crippen LogP) is 4.29. The Hall–Kier alpha value is -5.01. The van der Waals surface area contributed by atoms with Gasteiger partial charge in [0.1, 0.15) is 35.1 Å². The first-order valence-corrected chi connectivity index (χ1v) is 18.5. The van der Waals surface area contributed by atoms with Crippen LogP contribution < -0.4 is 16.0 Å². The molecule has 3 aliphatic heterocycles. The number of rotatable bonds is 6. The van der Waals surface area contributed by atoms with Gasteiger partial charge in [0.05, 0.1) is 13.1 Å². The van der Waals surface area contributed by atoms with Crippen LogP contribution in [-0.4, -0.2) is 87.1 Å². The SMILES string of the molecule is CC(C)(C)OC(=O)NC1CCCCC/C=C\C2CC2(C(=O)NCCc2ccncc2)NC(=O)[C@@H]2CC(OC(=O)N3Cc4cccc(F)c4C3)CN2C1=O. The van der Waals surface area contributed by atoms with E-state index in [4.69, 9.17) is 9.47 Å². The number of pyridine rings is 1. The third kappa shape index (κ3) is 9.14. The lowest BCUT2D eigenvalue weighted by molar-refractivity contribution is -0.141. The number of carbonyl (C=O) groups is 5. The third-order valence-corrected chi connectivity index (χ3v) is 10.2. The number of hydrogen-bond donors (Lipinski definition) is 3. The van der Waals surface area contributed by atoms with E-state index in [2.05, 4.69) is 20.9 Å². The maximum Gasteiger partial charge on any atom is 0.410 e. The summed E-state index contributed by atoms with van der Waals surface area (Å²) < 4.78 is 25.8.